The van der Waals surface area contributed by atoms with Crippen molar-refractivity contribution in [2.75, 3.05) is 6.61 Å². The van der Waals surface area contributed by atoms with E-state index < -0.39 is 11.5 Å². The van der Waals surface area contributed by atoms with Crippen LogP contribution in [0, 0.1) is 27.7 Å². The number of ether oxygens (including phenoxy) is 1. The minimum Gasteiger partial charge on any atom is -0.507 e. The largest absolute Gasteiger partial charge is 0.507 e. The maximum Gasteiger partial charge on any atom is 0.344 e. The number of ketones is 1. The molecule has 1 aliphatic carbocycles. The molecule has 0 amide bonds. The lowest BCUT2D eigenvalue weighted by atomic mass is 9.76. The van der Waals surface area contributed by atoms with Crippen LogP contribution in [0.5, 0.6) is 11.5 Å². The number of carbonyl (C=O) groups excluding carboxylic acids is 1. The van der Waals surface area contributed by atoms with Gasteiger partial charge in [0.15, 0.2) is 5.78 Å². The summed E-state index contributed by atoms with van der Waals surface area (Å²) in [7, 11) is 0. The Morgan fingerprint density at radius 1 is 0.947 bits per heavy atom. The molecule has 1 atom stereocenters. The fourth-order valence-corrected chi connectivity index (χ4v) is 5.61. The summed E-state index contributed by atoms with van der Waals surface area (Å²) in [5, 5.41) is 23.5. The van der Waals surface area contributed by atoms with Crippen LogP contribution in [-0.4, -0.2) is 22.6 Å². The Hall–Kier alpha value is -4.32. The van der Waals surface area contributed by atoms with E-state index in [1.54, 1.807) is 37.3 Å². The Labute approximate surface area is 220 Å². The lowest BCUT2D eigenvalue weighted by Crippen LogP contribution is -2.26. The number of allylic oxidation sites excluding steroid dienone is 1. The number of aryl methyl sites for hydroxylation is 4. The Balaban J connectivity index is 1.88. The van der Waals surface area contributed by atoms with Crippen LogP contribution < -0.4 is 10.4 Å². The van der Waals surface area contributed by atoms with Gasteiger partial charge >= 0.3 is 5.63 Å². The van der Waals surface area contributed by atoms with E-state index in [2.05, 4.69) is 0 Å². The van der Waals surface area contributed by atoms with E-state index in [0.29, 0.717) is 34.4 Å². The zero-order valence-electron chi connectivity index (χ0n) is 22.1. The molecule has 0 saturated carbocycles. The van der Waals surface area contributed by atoms with Gasteiger partial charge in [-0.1, -0.05) is 29.8 Å². The van der Waals surface area contributed by atoms with E-state index in [0.717, 1.165) is 22.3 Å². The third kappa shape index (κ3) is 4.16. The number of benzene rings is 3. The predicted octanol–water partition coefficient (Wildman–Crippen LogP) is 6.36. The molecule has 0 aliphatic heterocycles. The summed E-state index contributed by atoms with van der Waals surface area (Å²) in [4.78, 5) is 27.3. The second kappa shape index (κ2) is 9.53. The molecule has 194 valence electrons. The zero-order chi connectivity index (χ0) is 27.3. The normalized spacial score (nSPS) is 14.1. The second-order valence-corrected chi connectivity index (χ2v) is 10.0. The van der Waals surface area contributed by atoms with Gasteiger partial charge in [-0.2, -0.15) is 0 Å². The summed E-state index contributed by atoms with van der Waals surface area (Å²) < 4.78 is 11.4. The number of aliphatic hydroxyl groups excluding tert-OH is 1. The molecule has 0 radical (unpaired) electrons. The Morgan fingerprint density at radius 2 is 1.66 bits per heavy atom. The lowest BCUT2D eigenvalue weighted by Gasteiger charge is -2.27. The van der Waals surface area contributed by atoms with E-state index in [9.17, 15) is 19.8 Å². The molecule has 6 nitrogen and oxygen atoms in total. The first-order chi connectivity index (χ1) is 18.1. The average molecular weight is 511 g/mol. The van der Waals surface area contributed by atoms with Crippen molar-refractivity contribution in [2.24, 2.45) is 0 Å². The van der Waals surface area contributed by atoms with E-state index >= 15 is 0 Å². The number of rotatable bonds is 5. The molecule has 1 unspecified atom stereocenters. The third-order valence-electron chi connectivity index (χ3n) is 7.19. The molecule has 0 fully saturated rings. The van der Waals surface area contributed by atoms with Gasteiger partial charge in [-0.05, 0) is 86.7 Å². The highest BCUT2D eigenvalue weighted by Crippen LogP contribution is 2.44. The van der Waals surface area contributed by atoms with Crippen molar-refractivity contribution in [3.63, 3.8) is 0 Å². The smallest absolute Gasteiger partial charge is 0.344 e. The molecule has 0 spiro atoms. The number of carbonyl (C=O) groups is 1. The standard InChI is InChI=1S/C32H30O6/c1-6-37-21-9-7-8-20(14-21)26(27-25(33)15-22-18(4)10-16(2)12-23(22)29(27)34)28-30(35)24-13-17(3)11-19(5)31(24)38-32(28)36/h7-14,26,34-35H,6,15H2,1-5H3. The number of aliphatic hydroxyl groups is 1. The number of hydrogen-bond acceptors (Lipinski definition) is 6. The van der Waals surface area contributed by atoms with E-state index in [1.165, 1.54) is 0 Å². The average Bonchev–Trinajstić information content (AvgIpc) is 2.85. The summed E-state index contributed by atoms with van der Waals surface area (Å²) in [6.07, 6.45) is 0.0698. The van der Waals surface area contributed by atoms with Crippen LogP contribution in [0.3, 0.4) is 0 Å². The van der Waals surface area contributed by atoms with Gasteiger partial charge in [0.05, 0.1) is 29.0 Å². The monoisotopic (exact) mass is 510 g/mol. The molecule has 4 aromatic rings. The van der Waals surface area contributed by atoms with Crippen LogP contribution in [0.25, 0.3) is 16.7 Å². The van der Waals surface area contributed by atoms with Crippen molar-refractivity contribution in [3.05, 3.63) is 109 Å². The maximum absolute atomic E-state index is 13.7. The van der Waals surface area contributed by atoms with Crippen LogP contribution >= 0.6 is 0 Å². The van der Waals surface area contributed by atoms with Crippen molar-refractivity contribution < 1.29 is 24.2 Å². The van der Waals surface area contributed by atoms with E-state index in [1.807, 2.05) is 45.9 Å². The van der Waals surface area contributed by atoms with Crippen LogP contribution in [0.15, 0.2) is 63.3 Å². The summed E-state index contributed by atoms with van der Waals surface area (Å²) in [5.41, 5.74) is 4.74. The molecule has 38 heavy (non-hydrogen) atoms. The first-order valence-electron chi connectivity index (χ1n) is 12.7. The van der Waals surface area contributed by atoms with Crippen molar-refractivity contribution in [1.29, 1.82) is 0 Å². The van der Waals surface area contributed by atoms with Crippen LogP contribution in [0.1, 0.15) is 57.3 Å². The molecule has 0 saturated heterocycles. The summed E-state index contributed by atoms with van der Waals surface area (Å²) >= 11 is 0. The van der Waals surface area contributed by atoms with Crippen LogP contribution in [-0.2, 0) is 11.2 Å². The Morgan fingerprint density at radius 3 is 2.39 bits per heavy atom. The van der Waals surface area contributed by atoms with Gasteiger partial charge in [-0.15, -0.1) is 0 Å². The molecule has 5 rings (SSSR count). The molecule has 6 heteroatoms. The third-order valence-corrected chi connectivity index (χ3v) is 7.19. The molecule has 1 aliphatic rings. The fourth-order valence-electron chi connectivity index (χ4n) is 5.61. The highest BCUT2D eigenvalue weighted by Gasteiger charge is 2.37. The lowest BCUT2D eigenvalue weighted by molar-refractivity contribution is -0.115. The number of Topliss-reactive ketones (excluding diaryl/α,β-unsaturated/α-hetero) is 1. The molecule has 1 aromatic heterocycles. The van der Waals surface area contributed by atoms with Crippen molar-refractivity contribution in [2.45, 2.75) is 47.0 Å². The SMILES string of the molecule is CCOc1cccc(C(C2=C(O)c3cc(C)cc(C)c3CC2=O)c2c(O)c3cc(C)cc(C)c3oc2=O)c1. The highest BCUT2D eigenvalue weighted by molar-refractivity contribution is 6.08. The minimum absolute atomic E-state index is 0.0440. The number of aromatic hydroxyl groups is 1. The van der Waals surface area contributed by atoms with Crippen molar-refractivity contribution >= 4 is 22.5 Å². The van der Waals surface area contributed by atoms with Crippen LogP contribution in [0.4, 0.5) is 0 Å². The quantitative estimate of drug-likeness (QED) is 0.303. The predicted molar refractivity (Wildman–Crippen MR) is 147 cm³/mol. The molecule has 2 N–H and O–H groups in total. The zero-order valence-corrected chi connectivity index (χ0v) is 22.1. The number of hydrogen-bond donors (Lipinski definition) is 2. The van der Waals surface area contributed by atoms with E-state index in [-0.39, 0.29) is 40.4 Å². The van der Waals surface area contributed by atoms with Gasteiger partial charge in [-0.25, -0.2) is 4.79 Å². The van der Waals surface area contributed by atoms with Crippen molar-refractivity contribution in [3.8, 4) is 11.5 Å². The van der Waals surface area contributed by atoms with E-state index in [4.69, 9.17) is 9.15 Å². The summed E-state index contributed by atoms with van der Waals surface area (Å²) in [6, 6.07) is 14.4. The molecule has 0 bridgehead atoms. The summed E-state index contributed by atoms with van der Waals surface area (Å²) in [6.45, 7) is 9.82. The van der Waals surface area contributed by atoms with Gasteiger partial charge in [0, 0.05) is 12.0 Å². The Bertz CT molecular complexity index is 1710. The summed E-state index contributed by atoms with van der Waals surface area (Å²) in [5.74, 6) is -1.34. The van der Waals surface area contributed by atoms with Crippen LogP contribution in [0.2, 0.25) is 0 Å². The molecular weight excluding hydrogens is 480 g/mol. The topological polar surface area (TPSA) is 97.0 Å². The van der Waals surface area contributed by atoms with Gasteiger partial charge in [-0.3, -0.25) is 4.79 Å². The highest BCUT2D eigenvalue weighted by atomic mass is 16.5. The van der Waals surface area contributed by atoms with Crippen molar-refractivity contribution in [1.82, 2.24) is 0 Å². The number of fused-ring (bicyclic) bond motifs is 2. The Kier molecular flexibility index (Phi) is 6.35. The van der Waals surface area contributed by atoms with Gasteiger partial charge in [0.25, 0.3) is 0 Å². The first-order valence-corrected chi connectivity index (χ1v) is 12.7. The van der Waals surface area contributed by atoms with Gasteiger partial charge in [0.2, 0.25) is 0 Å². The second-order valence-electron chi connectivity index (χ2n) is 10.0. The van der Waals surface area contributed by atoms with Gasteiger partial charge < -0.3 is 19.4 Å². The maximum atomic E-state index is 13.7. The molecular formula is C32H30O6. The minimum atomic E-state index is -1.08. The van der Waals surface area contributed by atoms with Gasteiger partial charge in [0.1, 0.15) is 22.8 Å². The molecule has 3 aromatic carbocycles. The fraction of sp³-hybridized carbons (Fsp3) is 0.250. The first kappa shape index (κ1) is 25.3. The molecule has 1 heterocycles.